The minimum absolute atomic E-state index is 0.893. The summed E-state index contributed by atoms with van der Waals surface area (Å²) in [5.41, 5.74) is 2.42. The lowest BCUT2D eigenvalue weighted by Gasteiger charge is -2.00. The molecule has 2 rings (SSSR count). The highest BCUT2D eigenvalue weighted by Crippen LogP contribution is 2.36. The number of hydrogen-bond donors (Lipinski definition) is 0. The molecule has 3 heteroatoms. The molecule has 11 heavy (non-hydrogen) atoms. The molecule has 0 bridgehead atoms. The number of rotatable bonds is 1. The number of benzene rings is 1. The lowest BCUT2D eigenvalue weighted by Crippen LogP contribution is -1.82. The van der Waals surface area contributed by atoms with Gasteiger partial charge in [-0.2, -0.15) is 0 Å². The van der Waals surface area contributed by atoms with E-state index >= 15 is 0 Å². The van der Waals surface area contributed by atoms with Crippen molar-refractivity contribution in [3.63, 3.8) is 0 Å². The molecule has 0 aromatic heterocycles. The first-order valence-electron chi connectivity index (χ1n) is 3.44. The van der Waals surface area contributed by atoms with Crippen molar-refractivity contribution in [2.45, 2.75) is 6.16 Å². The van der Waals surface area contributed by atoms with Crippen LogP contribution in [-0.2, 0) is 6.16 Å². The second kappa shape index (κ2) is 2.63. The van der Waals surface area contributed by atoms with Crippen molar-refractivity contribution in [2.24, 2.45) is 4.74 Å². The third-order valence-electron chi connectivity index (χ3n) is 1.71. The lowest BCUT2D eigenvalue weighted by atomic mass is 10.2. The molecule has 56 valence electrons. The Bertz CT molecular complexity index is 309. The van der Waals surface area contributed by atoms with E-state index < -0.39 is 0 Å². The maximum absolute atomic E-state index is 5.08. The zero-order valence-corrected chi connectivity index (χ0v) is 7.14. The van der Waals surface area contributed by atoms with Gasteiger partial charge in [-0.3, -0.25) is 0 Å². The Hall–Kier alpha value is -0.880. The van der Waals surface area contributed by atoms with Gasteiger partial charge in [0, 0.05) is 20.6 Å². The van der Waals surface area contributed by atoms with E-state index in [9.17, 15) is 0 Å². The molecule has 0 aliphatic carbocycles. The Labute approximate surface area is 67.1 Å². The van der Waals surface area contributed by atoms with E-state index in [0.717, 1.165) is 26.0 Å². The van der Waals surface area contributed by atoms with Gasteiger partial charge < -0.3 is 4.74 Å². The number of nitrogens with zero attached hydrogens (tertiary/aromatic N) is 1. The molecule has 0 radical (unpaired) electrons. The van der Waals surface area contributed by atoms with Gasteiger partial charge in [-0.1, -0.05) is 6.07 Å². The fraction of sp³-hybridized carbons (Fsp3) is 0.250. The summed E-state index contributed by atoms with van der Waals surface area (Å²) in [4.78, 5) is 0. The Kier molecular flexibility index (Phi) is 1.63. The Morgan fingerprint density at radius 1 is 1.55 bits per heavy atom. The van der Waals surface area contributed by atoms with Gasteiger partial charge in [-0.25, -0.2) is 4.74 Å². The van der Waals surface area contributed by atoms with Crippen LogP contribution >= 0.6 is 8.37 Å². The second-order valence-corrected chi connectivity index (χ2v) is 3.19. The van der Waals surface area contributed by atoms with Crippen LogP contribution in [0.5, 0.6) is 5.75 Å². The van der Waals surface area contributed by atoms with Gasteiger partial charge in [0.25, 0.3) is 0 Å². The van der Waals surface area contributed by atoms with Crippen LogP contribution in [0.4, 0.5) is 5.69 Å². The highest BCUT2D eigenvalue weighted by molar-refractivity contribution is 7.26. The maximum atomic E-state index is 5.08. The first-order chi connectivity index (χ1) is 5.40. The second-order valence-electron chi connectivity index (χ2n) is 2.39. The van der Waals surface area contributed by atoms with Gasteiger partial charge in [0.1, 0.15) is 5.75 Å². The molecule has 0 saturated carbocycles. The summed E-state index contributed by atoms with van der Waals surface area (Å²) < 4.78 is 9.38. The molecule has 1 aromatic carbocycles. The van der Waals surface area contributed by atoms with E-state index in [1.807, 2.05) is 12.1 Å². The first kappa shape index (κ1) is 6.81. The normalized spacial score (nSPS) is 14.6. The van der Waals surface area contributed by atoms with E-state index in [0.29, 0.717) is 0 Å². The summed E-state index contributed by atoms with van der Waals surface area (Å²) in [7, 11) is 2.83. The summed E-state index contributed by atoms with van der Waals surface area (Å²) in [6.45, 7) is 0. The highest BCUT2D eigenvalue weighted by atomic mass is 31.1. The largest absolute Gasteiger partial charge is 0.497 e. The molecule has 0 atom stereocenters. The van der Waals surface area contributed by atoms with Crippen LogP contribution in [0.3, 0.4) is 0 Å². The minimum Gasteiger partial charge on any atom is -0.497 e. The van der Waals surface area contributed by atoms with Gasteiger partial charge in [-0.05, 0) is 11.6 Å². The standard InChI is InChI=1S/C8H8NOP/c1-10-7-3-2-6-5-11-9-8(6)4-7/h2-4H,5H2,1H3. The van der Waals surface area contributed by atoms with E-state index in [1.165, 1.54) is 5.56 Å². The van der Waals surface area contributed by atoms with Crippen LogP contribution < -0.4 is 4.74 Å². The van der Waals surface area contributed by atoms with Crippen LogP contribution in [0.1, 0.15) is 5.56 Å². The predicted octanol–water partition coefficient (Wildman–Crippen LogP) is 2.97. The maximum Gasteiger partial charge on any atom is 0.121 e. The quantitative estimate of drug-likeness (QED) is 0.586. The SMILES string of the molecule is COc1ccc2c(c1)N=PC2. The Morgan fingerprint density at radius 3 is 3.27 bits per heavy atom. The van der Waals surface area contributed by atoms with E-state index in [1.54, 1.807) is 7.11 Å². The fourth-order valence-corrected chi connectivity index (χ4v) is 1.91. The number of hydrogen-bond acceptors (Lipinski definition) is 2. The van der Waals surface area contributed by atoms with Crippen LogP contribution in [0, 0.1) is 0 Å². The number of fused-ring (bicyclic) bond motifs is 1. The summed E-state index contributed by atoms with van der Waals surface area (Å²) in [5, 5.41) is 0. The summed E-state index contributed by atoms with van der Waals surface area (Å²) in [6, 6.07) is 6.04. The number of ether oxygens (including phenoxy) is 1. The van der Waals surface area contributed by atoms with Crippen LogP contribution in [0.2, 0.25) is 0 Å². The molecule has 1 aliphatic heterocycles. The fourth-order valence-electron chi connectivity index (χ4n) is 1.09. The van der Waals surface area contributed by atoms with Crippen LogP contribution in [0.25, 0.3) is 0 Å². The minimum atomic E-state index is 0.893. The average Bonchev–Trinajstić information content (AvgIpc) is 2.50. The summed E-state index contributed by atoms with van der Waals surface area (Å²) >= 11 is 0. The molecule has 0 amide bonds. The molecule has 0 fully saturated rings. The highest BCUT2D eigenvalue weighted by Gasteiger charge is 2.06. The van der Waals surface area contributed by atoms with Crippen LogP contribution in [0.15, 0.2) is 22.9 Å². The lowest BCUT2D eigenvalue weighted by molar-refractivity contribution is 0.415. The van der Waals surface area contributed by atoms with Crippen molar-refractivity contribution < 1.29 is 4.74 Å². The first-order valence-corrected chi connectivity index (χ1v) is 4.48. The molecular weight excluding hydrogens is 157 g/mol. The number of methoxy groups -OCH3 is 1. The van der Waals surface area contributed by atoms with E-state index in [4.69, 9.17) is 4.74 Å². The van der Waals surface area contributed by atoms with E-state index in [2.05, 4.69) is 10.8 Å². The third-order valence-corrected chi connectivity index (χ3v) is 2.55. The monoisotopic (exact) mass is 165 g/mol. The molecule has 0 saturated heterocycles. The van der Waals surface area contributed by atoms with Gasteiger partial charge in [0.2, 0.25) is 0 Å². The zero-order chi connectivity index (χ0) is 7.68. The van der Waals surface area contributed by atoms with Gasteiger partial charge in [0.05, 0.1) is 12.8 Å². The molecule has 0 spiro atoms. The molecule has 1 aliphatic rings. The summed E-state index contributed by atoms with van der Waals surface area (Å²) in [5.74, 6) is 0.893. The molecule has 1 aromatic rings. The van der Waals surface area contributed by atoms with Crippen molar-refractivity contribution in [1.82, 2.24) is 0 Å². The zero-order valence-electron chi connectivity index (χ0n) is 6.24. The Morgan fingerprint density at radius 2 is 2.45 bits per heavy atom. The molecular formula is C8H8NOP. The van der Waals surface area contributed by atoms with Gasteiger partial charge in [0.15, 0.2) is 0 Å². The Balaban J connectivity index is 2.47. The summed E-state index contributed by atoms with van der Waals surface area (Å²) in [6.07, 6.45) is 1.05. The topological polar surface area (TPSA) is 21.6 Å². The molecule has 0 N–H and O–H groups in total. The van der Waals surface area contributed by atoms with Gasteiger partial charge in [-0.15, -0.1) is 0 Å². The van der Waals surface area contributed by atoms with Gasteiger partial charge >= 0.3 is 0 Å². The van der Waals surface area contributed by atoms with Crippen molar-refractivity contribution in [3.8, 4) is 5.75 Å². The molecule has 1 heterocycles. The van der Waals surface area contributed by atoms with Crippen molar-refractivity contribution >= 4 is 14.1 Å². The van der Waals surface area contributed by atoms with E-state index in [-0.39, 0.29) is 0 Å². The average molecular weight is 165 g/mol. The predicted molar refractivity (Wildman–Crippen MR) is 45.7 cm³/mol. The van der Waals surface area contributed by atoms with Crippen molar-refractivity contribution in [2.75, 3.05) is 7.11 Å². The van der Waals surface area contributed by atoms with Crippen molar-refractivity contribution in [3.05, 3.63) is 23.8 Å². The molecule has 2 nitrogen and oxygen atoms in total. The molecule has 0 unspecified atom stereocenters. The smallest absolute Gasteiger partial charge is 0.121 e. The third kappa shape index (κ3) is 1.14. The van der Waals surface area contributed by atoms with Crippen LogP contribution in [-0.4, -0.2) is 7.11 Å². The van der Waals surface area contributed by atoms with Crippen molar-refractivity contribution in [1.29, 1.82) is 0 Å².